The van der Waals surface area contributed by atoms with Gasteiger partial charge < -0.3 is 20.2 Å². The van der Waals surface area contributed by atoms with Gasteiger partial charge in [0.2, 0.25) is 0 Å². The van der Waals surface area contributed by atoms with Gasteiger partial charge >= 0.3 is 12.2 Å². The van der Waals surface area contributed by atoms with Crippen LogP contribution in [0.1, 0.15) is 44.7 Å². The van der Waals surface area contributed by atoms with Gasteiger partial charge in [0.25, 0.3) is 12.3 Å². The van der Waals surface area contributed by atoms with E-state index in [1.54, 1.807) is 18.2 Å². The van der Waals surface area contributed by atoms with Gasteiger partial charge in [-0.2, -0.15) is 13.2 Å². The molecule has 1 aliphatic carbocycles. The van der Waals surface area contributed by atoms with Crippen LogP contribution in [0.4, 0.5) is 33.7 Å². The Labute approximate surface area is 198 Å². The summed E-state index contributed by atoms with van der Waals surface area (Å²) in [5.74, 6) is 0.0973. The van der Waals surface area contributed by atoms with Crippen molar-refractivity contribution in [3.05, 3.63) is 29.3 Å². The fraction of sp³-hybridized carbons (Fsp3) is 0.522. The van der Waals surface area contributed by atoms with Crippen LogP contribution in [-0.2, 0) is 5.41 Å². The number of benzene rings is 1. The first-order chi connectivity index (χ1) is 16.1. The summed E-state index contributed by atoms with van der Waals surface area (Å²) in [5, 5.41) is 23.6. The maximum absolute atomic E-state index is 12.8. The highest BCUT2D eigenvalue weighted by atomic mass is 19.4. The van der Waals surface area contributed by atoms with Gasteiger partial charge in [-0.25, -0.2) is 13.8 Å². The summed E-state index contributed by atoms with van der Waals surface area (Å²) < 4.78 is 69.5. The van der Waals surface area contributed by atoms with E-state index in [2.05, 4.69) is 25.8 Å². The molecule has 2 heterocycles. The van der Waals surface area contributed by atoms with Gasteiger partial charge in [-0.05, 0) is 41.7 Å². The van der Waals surface area contributed by atoms with Crippen LogP contribution in [-0.4, -0.2) is 51.1 Å². The lowest BCUT2D eigenvalue weighted by molar-refractivity contribution is -0.148. The molecule has 1 aromatic carbocycles. The molecule has 7 nitrogen and oxygen atoms in total. The van der Waals surface area contributed by atoms with Gasteiger partial charge in [0.1, 0.15) is 17.8 Å². The molecule has 3 aromatic rings. The fourth-order valence-electron chi connectivity index (χ4n) is 4.11. The summed E-state index contributed by atoms with van der Waals surface area (Å²) in [6, 6.07) is 4.57. The second kappa shape index (κ2) is 8.58. The molecule has 0 spiro atoms. The third kappa shape index (κ3) is 5.31. The molecule has 12 heteroatoms. The lowest BCUT2D eigenvalue weighted by Gasteiger charge is -2.42. The smallest absolute Gasteiger partial charge is 0.402 e. The molecule has 0 atom stereocenters. The SMILES string of the molecule is Cc1cc(-c2nnc(N[C@H]3C[C@](O)(C(F)F)C3)o2)nc2c(C(C)(C)C)cc(NCC(F)(F)F)cc12. The molecule has 190 valence electrons. The van der Waals surface area contributed by atoms with Crippen molar-refractivity contribution in [2.24, 2.45) is 0 Å². The molecular weight excluding hydrogens is 473 g/mol. The van der Waals surface area contributed by atoms with E-state index < -0.39 is 36.2 Å². The van der Waals surface area contributed by atoms with Gasteiger partial charge in [-0.15, -0.1) is 5.10 Å². The zero-order chi connectivity index (χ0) is 25.8. The molecule has 1 saturated carbocycles. The molecule has 4 rings (SSSR count). The van der Waals surface area contributed by atoms with Crippen molar-refractivity contribution in [1.82, 2.24) is 15.2 Å². The van der Waals surface area contributed by atoms with Crippen LogP contribution in [0.5, 0.6) is 0 Å². The average molecular weight is 499 g/mol. The molecule has 0 unspecified atom stereocenters. The Balaban J connectivity index is 1.64. The minimum atomic E-state index is -4.35. The average Bonchev–Trinajstić information content (AvgIpc) is 3.18. The number of rotatable bonds is 6. The number of fused-ring (bicyclic) bond motifs is 1. The summed E-state index contributed by atoms with van der Waals surface area (Å²) in [4.78, 5) is 4.68. The van der Waals surface area contributed by atoms with Crippen LogP contribution in [0.25, 0.3) is 22.5 Å². The molecule has 0 amide bonds. The van der Waals surface area contributed by atoms with Crippen molar-refractivity contribution >= 4 is 22.6 Å². The van der Waals surface area contributed by atoms with Crippen LogP contribution in [0.2, 0.25) is 0 Å². The first-order valence-electron chi connectivity index (χ1n) is 11.0. The Morgan fingerprint density at radius 3 is 2.43 bits per heavy atom. The number of halogens is 5. The standard InChI is InChI=1S/C23H26F5N5O2/c1-11-5-16(18-32-33-20(35-18)30-13-8-22(34,9-13)19(24)25)31-17-14(11)6-12(29-10-23(26,27)28)7-15(17)21(2,3)4/h5-7,13,19,29,34H,8-10H2,1-4H3,(H,30,33)/t13-,22+. The highest BCUT2D eigenvalue weighted by Gasteiger charge is 2.50. The van der Waals surface area contributed by atoms with Crippen LogP contribution >= 0.6 is 0 Å². The number of pyridine rings is 1. The number of nitrogens with one attached hydrogen (secondary N) is 2. The second-order valence-corrected chi connectivity index (χ2v) is 10.0. The maximum Gasteiger partial charge on any atom is 0.405 e. The van der Waals surface area contributed by atoms with Crippen LogP contribution in [0, 0.1) is 6.92 Å². The molecule has 0 aliphatic heterocycles. The predicted molar refractivity (Wildman–Crippen MR) is 121 cm³/mol. The van der Waals surface area contributed by atoms with E-state index in [9.17, 15) is 27.1 Å². The number of aryl methyl sites for hydroxylation is 1. The van der Waals surface area contributed by atoms with Gasteiger partial charge in [-0.1, -0.05) is 25.9 Å². The molecule has 35 heavy (non-hydrogen) atoms. The van der Waals surface area contributed by atoms with Crippen molar-refractivity contribution in [3.8, 4) is 11.6 Å². The maximum atomic E-state index is 12.8. The molecule has 0 bridgehead atoms. The van der Waals surface area contributed by atoms with Crippen LogP contribution in [0.3, 0.4) is 0 Å². The number of hydrogen-bond acceptors (Lipinski definition) is 7. The van der Waals surface area contributed by atoms with Gasteiger partial charge in [-0.3, -0.25) is 0 Å². The Bertz CT molecular complexity index is 1230. The fourth-order valence-corrected chi connectivity index (χ4v) is 4.11. The van der Waals surface area contributed by atoms with Crippen molar-refractivity contribution < 1.29 is 31.5 Å². The number of hydrogen-bond donors (Lipinski definition) is 3. The summed E-state index contributed by atoms with van der Waals surface area (Å²) in [6.07, 6.45) is -7.47. The minimum Gasteiger partial charge on any atom is -0.402 e. The third-order valence-electron chi connectivity index (χ3n) is 6.00. The van der Waals surface area contributed by atoms with E-state index in [0.717, 1.165) is 11.1 Å². The summed E-state index contributed by atoms with van der Waals surface area (Å²) in [7, 11) is 0. The minimum absolute atomic E-state index is 0.0172. The first kappa shape index (κ1) is 25.1. The molecule has 0 radical (unpaired) electrons. The topological polar surface area (TPSA) is 96.1 Å². The zero-order valence-corrected chi connectivity index (χ0v) is 19.6. The number of alkyl halides is 5. The van der Waals surface area contributed by atoms with E-state index in [1.807, 2.05) is 27.7 Å². The van der Waals surface area contributed by atoms with Gasteiger partial charge in [0.15, 0.2) is 0 Å². The highest BCUT2D eigenvalue weighted by molar-refractivity contribution is 5.90. The monoisotopic (exact) mass is 499 g/mol. The Hall–Kier alpha value is -3.02. The molecular formula is C23H26F5N5O2. The lowest BCUT2D eigenvalue weighted by atomic mass is 9.76. The van der Waals surface area contributed by atoms with Crippen molar-refractivity contribution in [2.75, 3.05) is 17.2 Å². The molecule has 2 aromatic heterocycles. The third-order valence-corrected chi connectivity index (χ3v) is 6.00. The molecule has 1 fully saturated rings. The number of aromatic nitrogens is 3. The number of nitrogens with zero attached hydrogens (tertiary/aromatic N) is 3. The second-order valence-electron chi connectivity index (χ2n) is 10.0. The van der Waals surface area contributed by atoms with E-state index in [0.29, 0.717) is 22.3 Å². The number of aliphatic hydroxyl groups is 1. The van der Waals surface area contributed by atoms with Gasteiger partial charge in [0, 0.05) is 30.0 Å². The van der Waals surface area contributed by atoms with E-state index in [1.165, 1.54) is 0 Å². The van der Waals surface area contributed by atoms with Gasteiger partial charge in [0.05, 0.1) is 5.52 Å². The van der Waals surface area contributed by atoms with Crippen LogP contribution < -0.4 is 10.6 Å². The summed E-state index contributed by atoms with van der Waals surface area (Å²) in [5.41, 5.74) is 0.358. The Kier molecular flexibility index (Phi) is 6.15. The summed E-state index contributed by atoms with van der Waals surface area (Å²) >= 11 is 0. The summed E-state index contributed by atoms with van der Waals surface area (Å²) in [6.45, 7) is 6.47. The van der Waals surface area contributed by atoms with Crippen molar-refractivity contribution in [3.63, 3.8) is 0 Å². The molecule has 1 aliphatic rings. The Morgan fingerprint density at radius 2 is 1.83 bits per heavy atom. The normalized spacial score (nSPS) is 20.8. The molecule has 3 N–H and O–H groups in total. The van der Waals surface area contributed by atoms with E-state index >= 15 is 0 Å². The van der Waals surface area contributed by atoms with Crippen LogP contribution in [0.15, 0.2) is 22.6 Å². The molecule has 0 saturated heterocycles. The highest BCUT2D eigenvalue weighted by Crippen LogP contribution is 2.39. The van der Waals surface area contributed by atoms with Crippen molar-refractivity contribution in [2.45, 2.75) is 70.2 Å². The van der Waals surface area contributed by atoms with E-state index in [4.69, 9.17) is 4.42 Å². The predicted octanol–water partition coefficient (Wildman–Crippen LogP) is 5.44. The lowest BCUT2D eigenvalue weighted by Crippen LogP contribution is -2.55. The quantitative estimate of drug-likeness (QED) is 0.389. The van der Waals surface area contributed by atoms with E-state index in [-0.39, 0.29) is 24.7 Å². The Morgan fingerprint density at radius 1 is 1.14 bits per heavy atom. The zero-order valence-electron chi connectivity index (χ0n) is 19.6. The van der Waals surface area contributed by atoms with Crippen molar-refractivity contribution in [1.29, 1.82) is 0 Å². The number of anilines is 2. The largest absolute Gasteiger partial charge is 0.405 e. The first-order valence-corrected chi connectivity index (χ1v) is 11.0.